The van der Waals surface area contributed by atoms with Gasteiger partial charge in [-0.3, -0.25) is 0 Å². The van der Waals surface area contributed by atoms with Gasteiger partial charge in [0.05, 0.1) is 0 Å². The molecule has 0 atom stereocenters. The van der Waals surface area contributed by atoms with Crippen LogP contribution in [0.4, 0.5) is 0 Å². The van der Waals surface area contributed by atoms with Gasteiger partial charge in [-0.1, -0.05) is 32.4 Å². The molecule has 0 aliphatic heterocycles. The second kappa shape index (κ2) is 7.21. The highest BCUT2D eigenvalue weighted by molar-refractivity contribution is 7.99. The summed E-state index contributed by atoms with van der Waals surface area (Å²) in [6, 6.07) is 6.66. The molecule has 1 rings (SSSR count). The Kier molecular flexibility index (Phi) is 6.25. The van der Waals surface area contributed by atoms with Crippen molar-refractivity contribution in [2.75, 3.05) is 5.75 Å². The maximum atomic E-state index is 6.03. The molecule has 0 aromatic heterocycles. The molecular weight excluding hydrogens is 238 g/mol. The van der Waals surface area contributed by atoms with E-state index in [1.54, 1.807) is 0 Å². The molecule has 0 spiro atoms. The van der Waals surface area contributed by atoms with Crippen LogP contribution in [0.25, 0.3) is 0 Å². The van der Waals surface area contributed by atoms with Crippen LogP contribution in [0.5, 0.6) is 0 Å². The summed E-state index contributed by atoms with van der Waals surface area (Å²) >= 11 is 7.94. The van der Waals surface area contributed by atoms with Crippen LogP contribution in [0.2, 0.25) is 5.02 Å². The van der Waals surface area contributed by atoms with Gasteiger partial charge in [-0.05, 0) is 35.9 Å². The summed E-state index contributed by atoms with van der Waals surface area (Å²) in [5, 5.41) is 4.25. The van der Waals surface area contributed by atoms with Gasteiger partial charge >= 0.3 is 0 Å². The first-order chi connectivity index (χ1) is 7.63. The fraction of sp³-hybridized carbons (Fsp3) is 0.538. The second-order valence-electron chi connectivity index (χ2n) is 4.14. The average Bonchev–Trinajstić information content (AvgIpc) is 2.25. The number of rotatable bonds is 6. The third-order valence-corrected chi connectivity index (χ3v) is 3.74. The van der Waals surface area contributed by atoms with Gasteiger partial charge in [0.15, 0.2) is 0 Å². The molecule has 90 valence electrons. The molecule has 1 aromatic carbocycles. The molecule has 0 fully saturated rings. The van der Waals surface area contributed by atoms with Crippen molar-refractivity contribution < 1.29 is 0 Å². The molecule has 0 heterocycles. The van der Waals surface area contributed by atoms with Crippen molar-refractivity contribution in [3.63, 3.8) is 0 Å². The lowest BCUT2D eigenvalue weighted by atomic mass is 10.2. The molecule has 1 N–H and O–H groups in total. The molecule has 1 aromatic rings. The van der Waals surface area contributed by atoms with E-state index in [1.807, 2.05) is 17.8 Å². The zero-order valence-corrected chi connectivity index (χ0v) is 11.8. The van der Waals surface area contributed by atoms with Crippen molar-refractivity contribution in [1.29, 1.82) is 0 Å². The van der Waals surface area contributed by atoms with E-state index in [9.17, 15) is 0 Å². The van der Waals surface area contributed by atoms with E-state index >= 15 is 0 Å². The first-order valence-electron chi connectivity index (χ1n) is 5.78. The highest BCUT2D eigenvalue weighted by Gasteiger charge is 2.04. The SMILES string of the molecule is CCCSc1ccc(Cl)cc1CNC(C)C. The van der Waals surface area contributed by atoms with Crippen molar-refractivity contribution in [2.24, 2.45) is 0 Å². The zero-order valence-electron chi connectivity index (χ0n) is 10.2. The highest BCUT2D eigenvalue weighted by Crippen LogP contribution is 2.26. The van der Waals surface area contributed by atoms with E-state index in [0.717, 1.165) is 17.3 Å². The van der Waals surface area contributed by atoms with Crippen LogP contribution in [0.15, 0.2) is 23.1 Å². The first-order valence-corrected chi connectivity index (χ1v) is 7.14. The quantitative estimate of drug-likeness (QED) is 0.761. The number of benzene rings is 1. The van der Waals surface area contributed by atoms with Gasteiger partial charge in [-0.15, -0.1) is 11.8 Å². The number of thioether (sulfide) groups is 1. The lowest BCUT2D eigenvalue weighted by Crippen LogP contribution is -2.22. The molecule has 0 aliphatic rings. The van der Waals surface area contributed by atoms with Crippen LogP contribution in [-0.4, -0.2) is 11.8 Å². The Morgan fingerprint density at radius 2 is 2.12 bits per heavy atom. The zero-order chi connectivity index (χ0) is 12.0. The van der Waals surface area contributed by atoms with E-state index in [1.165, 1.54) is 16.9 Å². The Labute approximate surface area is 108 Å². The standard InChI is InChI=1S/C13H20ClNS/c1-4-7-16-13-6-5-12(14)8-11(13)9-15-10(2)3/h5-6,8,10,15H,4,7,9H2,1-3H3. The van der Waals surface area contributed by atoms with E-state index < -0.39 is 0 Å². The smallest absolute Gasteiger partial charge is 0.0410 e. The molecule has 0 radical (unpaired) electrons. The van der Waals surface area contributed by atoms with E-state index in [-0.39, 0.29) is 0 Å². The minimum atomic E-state index is 0.503. The third kappa shape index (κ3) is 4.77. The van der Waals surface area contributed by atoms with Crippen molar-refractivity contribution in [3.05, 3.63) is 28.8 Å². The van der Waals surface area contributed by atoms with Crippen LogP contribution < -0.4 is 5.32 Å². The number of hydrogen-bond donors (Lipinski definition) is 1. The monoisotopic (exact) mass is 257 g/mol. The highest BCUT2D eigenvalue weighted by atomic mass is 35.5. The van der Waals surface area contributed by atoms with Gasteiger partial charge in [-0.25, -0.2) is 0 Å². The van der Waals surface area contributed by atoms with Crippen molar-refractivity contribution >= 4 is 23.4 Å². The summed E-state index contributed by atoms with van der Waals surface area (Å²) in [5.74, 6) is 1.16. The summed E-state index contributed by atoms with van der Waals surface area (Å²) in [6.45, 7) is 7.41. The largest absolute Gasteiger partial charge is 0.310 e. The molecule has 0 aliphatic carbocycles. The lowest BCUT2D eigenvalue weighted by molar-refractivity contribution is 0.585. The third-order valence-electron chi connectivity index (χ3n) is 2.18. The minimum absolute atomic E-state index is 0.503. The van der Waals surface area contributed by atoms with Crippen LogP contribution in [0, 0.1) is 0 Å². The van der Waals surface area contributed by atoms with Crippen LogP contribution in [0.1, 0.15) is 32.8 Å². The second-order valence-corrected chi connectivity index (χ2v) is 5.71. The molecular formula is C13H20ClNS. The maximum Gasteiger partial charge on any atom is 0.0410 e. The van der Waals surface area contributed by atoms with E-state index in [0.29, 0.717) is 6.04 Å². The summed E-state index contributed by atoms with van der Waals surface area (Å²) in [6.07, 6.45) is 1.20. The van der Waals surface area contributed by atoms with E-state index in [4.69, 9.17) is 11.6 Å². The minimum Gasteiger partial charge on any atom is -0.310 e. The van der Waals surface area contributed by atoms with Crippen LogP contribution >= 0.6 is 23.4 Å². The molecule has 1 nitrogen and oxygen atoms in total. The molecule has 0 saturated carbocycles. The van der Waals surface area contributed by atoms with Gasteiger partial charge in [-0.2, -0.15) is 0 Å². The maximum absolute atomic E-state index is 6.03. The number of nitrogens with one attached hydrogen (secondary N) is 1. The Balaban J connectivity index is 2.72. The average molecular weight is 258 g/mol. The normalized spacial score (nSPS) is 11.1. The number of hydrogen-bond acceptors (Lipinski definition) is 2. The summed E-state index contributed by atoms with van der Waals surface area (Å²) < 4.78 is 0. The molecule has 3 heteroatoms. The van der Waals surface area contributed by atoms with Crippen molar-refractivity contribution in [2.45, 2.75) is 44.7 Å². The molecule has 0 bridgehead atoms. The van der Waals surface area contributed by atoms with Gasteiger partial charge in [0.1, 0.15) is 0 Å². The topological polar surface area (TPSA) is 12.0 Å². The lowest BCUT2D eigenvalue weighted by Gasteiger charge is -2.12. The van der Waals surface area contributed by atoms with Gasteiger partial charge in [0.25, 0.3) is 0 Å². The Hall–Kier alpha value is -0.180. The summed E-state index contributed by atoms with van der Waals surface area (Å²) in [7, 11) is 0. The first kappa shape index (κ1) is 13.9. The predicted molar refractivity (Wildman–Crippen MR) is 74.4 cm³/mol. The Morgan fingerprint density at radius 3 is 2.75 bits per heavy atom. The fourth-order valence-corrected chi connectivity index (χ4v) is 2.45. The van der Waals surface area contributed by atoms with Crippen LogP contribution in [-0.2, 0) is 6.54 Å². The predicted octanol–water partition coefficient (Wildman–Crippen LogP) is 4.34. The molecule has 0 saturated heterocycles. The molecule has 0 unspecified atom stereocenters. The molecule has 0 amide bonds. The van der Waals surface area contributed by atoms with Crippen molar-refractivity contribution in [1.82, 2.24) is 5.32 Å². The van der Waals surface area contributed by atoms with Crippen LogP contribution in [0.3, 0.4) is 0 Å². The van der Waals surface area contributed by atoms with Gasteiger partial charge in [0, 0.05) is 22.5 Å². The summed E-state index contributed by atoms with van der Waals surface area (Å²) in [5.41, 5.74) is 1.31. The molecule has 16 heavy (non-hydrogen) atoms. The Morgan fingerprint density at radius 1 is 1.38 bits per heavy atom. The summed E-state index contributed by atoms with van der Waals surface area (Å²) in [4.78, 5) is 1.35. The van der Waals surface area contributed by atoms with Gasteiger partial charge in [0.2, 0.25) is 0 Å². The fourth-order valence-electron chi connectivity index (χ4n) is 1.35. The number of halogens is 1. The Bertz CT molecular complexity index is 326. The van der Waals surface area contributed by atoms with Gasteiger partial charge < -0.3 is 5.32 Å². The van der Waals surface area contributed by atoms with Crippen molar-refractivity contribution in [3.8, 4) is 0 Å². The van der Waals surface area contributed by atoms with E-state index in [2.05, 4.69) is 38.2 Å².